The number of nitrogens with zero attached hydrogens (tertiary/aromatic N) is 2. The Kier molecular flexibility index (Phi) is 2.25. The molecule has 3 aliphatic rings. The third kappa shape index (κ3) is 1.29. The minimum Gasteiger partial charge on any atom is -0.320 e. The number of rotatable bonds is 1. The Balaban J connectivity index is 1.94. The van der Waals surface area contributed by atoms with Crippen LogP contribution < -0.4 is 0 Å². The molecule has 0 aromatic carbocycles. The van der Waals surface area contributed by atoms with Gasteiger partial charge in [-0.2, -0.15) is 0 Å². The van der Waals surface area contributed by atoms with Crippen LogP contribution >= 0.6 is 23.4 Å². The molecular weight excluding hydrogens is 216 g/mol. The molecule has 0 aromatic rings. The van der Waals surface area contributed by atoms with E-state index < -0.39 is 0 Å². The van der Waals surface area contributed by atoms with E-state index >= 15 is 0 Å². The number of aliphatic imine (C=N–C) groups is 1. The van der Waals surface area contributed by atoms with Gasteiger partial charge in [0.15, 0.2) is 5.17 Å². The second kappa shape index (κ2) is 3.46. The van der Waals surface area contributed by atoms with Crippen molar-refractivity contribution in [3.8, 4) is 0 Å². The van der Waals surface area contributed by atoms with Gasteiger partial charge >= 0.3 is 0 Å². The molecule has 0 unspecified atom stereocenters. The Morgan fingerprint density at radius 1 is 1.57 bits per heavy atom. The van der Waals surface area contributed by atoms with Gasteiger partial charge in [-0.1, -0.05) is 11.8 Å². The number of fused-ring (bicyclic) bond motifs is 4. The van der Waals surface area contributed by atoms with Gasteiger partial charge in [0.1, 0.15) is 0 Å². The summed E-state index contributed by atoms with van der Waals surface area (Å²) in [6.07, 6.45) is 5.15. The molecule has 0 spiro atoms. The molecule has 0 amide bonds. The van der Waals surface area contributed by atoms with Gasteiger partial charge in [0, 0.05) is 11.7 Å². The van der Waals surface area contributed by atoms with Crippen LogP contribution in [0.5, 0.6) is 0 Å². The van der Waals surface area contributed by atoms with E-state index in [4.69, 9.17) is 16.6 Å². The molecule has 14 heavy (non-hydrogen) atoms. The lowest BCUT2D eigenvalue weighted by atomic mass is 9.89. The highest BCUT2D eigenvalue weighted by Crippen LogP contribution is 2.39. The predicted octanol–water partition coefficient (Wildman–Crippen LogP) is 2.80. The van der Waals surface area contributed by atoms with Crippen molar-refractivity contribution in [1.29, 1.82) is 0 Å². The van der Waals surface area contributed by atoms with Gasteiger partial charge in [0.25, 0.3) is 0 Å². The summed E-state index contributed by atoms with van der Waals surface area (Å²) in [6, 6.07) is 1.27. The van der Waals surface area contributed by atoms with Crippen LogP contribution in [0.3, 0.4) is 0 Å². The van der Waals surface area contributed by atoms with Gasteiger partial charge in [-0.15, -0.1) is 11.6 Å². The molecule has 2 aliphatic heterocycles. The second-order valence-corrected chi connectivity index (χ2v) is 5.22. The van der Waals surface area contributed by atoms with E-state index in [1.165, 1.54) is 36.5 Å². The highest BCUT2D eigenvalue weighted by Gasteiger charge is 2.37. The summed E-state index contributed by atoms with van der Waals surface area (Å²) >= 11 is 7.67. The van der Waals surface area contributed by atoms with Crippen LogP contribution in [0.15, 0.2) is 16.1 Å². The molecule has 2 atom stereocenters. The van der Waals surface area contributed by atoms with Gasteiger partial charge < -0.3 is 4.90 Å². The fourth-order valence-electron chi connectivity index (χ4n) is 2.58. The summed E-state index contributed by atoms with van der Waals surface area (Å²) in [5.74, 6) is 0.618. The second-order valence-electron chi connectivity index (χ2n) is 4.12. The van der Waals surface area contributed by atoms with Crippen LogP contribution in [-0.4, -0.2) is 28.0 Å². The molecule has 3 rings (SSSR count). The molecule has 1 aliphatic carbocycles. The quantitative estimate of drug-likeness (QED) is 0.642. The SMILES string of the molecule is ClCC1=CSC2=N[C@@H]3CCC[C@@H](C3)N12. The first-order valence-corrected chi connectivity index (χ1v) is 6.58. The average Bonchev–Trinajstić information content (AvgIpc) is 2.61. The maximum Gasteiger partial charge on any atom is 0.168 e. The summed E-state index contributed by atoms with van der Waals surface area (Å²) in [7, 11) is 0. The maximum atomic E-state index is 5.93. The number of hydrogen-bond donors (Lipinski definition) is 0. The number of amidine groups is 1. The summed E-state index contributed by atoms with van der Waals surface area (Å²) in [6.45, 7) is 0. The molecule has 2 nitrogen and oxygen atoms in total. The summed E-state index contributed by atoms with van der Waals surface area (Å²) < 4.78 is 0. The maximum absolute atomic E-state index is 5.93. The van der Waals surface area contributed by atoms with E-state index in [1.54, 1.807) is 11.8 Å². The molecule has 1 fully saturated rings. The topological polar surface area (TPSA) is 15.6 Å². The Hall–Kier alpha value is -0.150. The van der Waals surface area contributed by atoms with Crippen molar-refractivity contribution in [2.24, 2.45) is 4.99 Å². The third-order valence-corrected chi connectivity index (χ3v) is 4.41. The first kappa shape index (κ1) is 9.10. The van der Waals surface area contributed by atoms with E-state index in [0.29, 0.717) is 18.0 Å². The lowest BCUT2D eigenvalue weighted by Crippen LogP contribution is -2.44. The molecule has 0 saturated heterocycles. The van der Waals surface area contributed by atoms with Crippen LogP contribution in [0.4, 0.5) is 0 Å². The van der Waals surface area contributed by atoms with Gasteiger partial charge in [-0.05, 0) is 31.1 Å². The standard InChI is InChI=1S/C10H13ClN2S/c11-5-9-6-14-10-12-7-2-1-3-8(4-7)13(9)10/h6-8H,1-5H2/t7-,8+/m1/s1. The highest BCUT2D eigenvalue weighted by atomic mass is 35.5. The van der Waals surface area contributed by atoms with E-state index in [9.17, 15) is 0 Å². The van der Waals surface area contributed by atoms with Crippen LogP contribution in [0.2, 0.25) is 0 Å². The number of thioether (sulfide) groups is 1. The average molecular weight is 229 g/mol. The summed E-state index contributed by atoms with van der Waals surface area (Å²) in [5, 5.41) is 3.36. The van der Waals surface area contributed by atoms with Gasteiger partial charge in [-0.25, -0.2) is 0 Å². The fraction of sp³-hybridized carbons (Fsp3) is 0.700. The third-order valence-electron chi connectivity index (χ3n) is 3.23. The minimum absolute atomic E-state index is 0.593. The minimum atomic E-state index is 0.593. The first-order chi connectivity index (χ1) is 6.88. The van der Waals surface area contributed by atoms with Crippen LogP contribution in [0.1, 0.15) is 25.7 Å². The monoisotopic (exact) mass is 228 g/mol. The Bertz CT molecular complexity index is 313. The number of alkyl halides is 1. The van der Waals surface area contributed by atoms with Crippen LogP contribution in [0.25, 0.3) is 0 Å². The van der Waals surface area contributed by atoms with E-state index in [0.717, 1.165) is 0 Å². The molecule has 1 saturated carbocycles. The number of hydrogen-bond acceptors (Lipinski definition) is 3. The van der Waals surface area contributed by atoms with E-state index in [-0.39, 0.29) is 0 Å². The zero-order valence-electron chi connectivity index (χ0n) is 7.95. The molecule has 0 N–H and O–H groups in total. The molecule has 76 valence electrons. The zero-order chi connectivity index (χ0) is 9.54. The first-order valence-electron chi connectivity index (χ1n) is 5.17. The Labute approximate surface area is 93.4 Å². The zero-order valence-corrected chi connectivity index (χ0v) is 9.52. The highest BCUT2D eigenvalue weighted by molar-refractivity contribution is 8.16. The molecule has 2 bridgehead atoms. The molecule has 0 aromatic heterocycles. The van der Waals surface area contributed by atoms with Gasteiger partial charge in [0.05, 0.1) is 11.9 Å². The van der Waals surface area contributed by atoms with Gasteiger partial charge in [0.2, 0.25) is 0 Å². The van der Waals surface area contributed by atoms with E-state index in [2.05, 4.69) is 10.3 Å². The predicted molar refractivity (Wildman–Crippen MR) is 61.7 cm³/mol. The largest absolute Gasteiger partial charge is 0.320 e. The number of halogens is 1. The van der Waals surface area contributed by atoms with Crippen molar-refractivity contribution in [3.05, 3.63) is 11.1 Å². The van der Waals surface area contributed by atoms with Crippen molar-refractivity contribution < 1.29 is 0 Å². The summed E-state index contributed by atoms with van der Waals surface area (Å²) in [4.78, 5) is 7.13. The van der Waals surface area contributed by atoms with Crippen LogP contribution in [0, 0.1) is 0 Å². The van der Waals surface area contributed by atoms with Crippen molar-refractivity contribution in [2.75, 3.05) is 5.88 Å². The van der Waals surface area contributed by atoms with Crippen molar-refractivity contribution in [3.63, 3.8) is 0 Å². The molecular formula is C10H13ClN2S. The lowest BCUT2D eigenvalue weighted by Gasteiger charge is -2.40. The smallest absolute Gasteiger partial charge is 0.168 e. The molecule has 0 radical (unpaired) electrons. The fourth-order valence-corrected chi connectivity index (χ4v) is 3.91. The summed E-state index contributed by atoms with van der Waals surface area (Å²) in [5.41, 5.74) is 1.25. The lowest BCUT2D eigenvalue weighted by molar-refractivity contribution is 0.248. The van der Waals surface area contributed by atoms with Gasteiger partial charge in [-0.3, -0.25) is 4.99 Å². The number of allylic oxidation sites excluding steroid dienone is 1. The van der Waals surface area contributed by atoms with Crippen LogP contribution in [-0.2, 0) is 0 Å². The van der Waals surface area contributed by atoms with E-state index in [1.807, 2.05) is 0 Å². The molecule has 2 heterocycles. The van der Waals surface area contributed by atoms with Crippen molar-refractivity contribution in [2.45, 2.75) is 37.8 Å². The normalized spacial score (nSPS) is 35.1. The Morgan fingerprint density at radius 3 is 3.36 bits per heavy atom. The Morgan fingerprint density at radius 2 is 2.50 bits per heavy atom. The molecule has 4 heteroatoms. The van der Waals surface area contributed by atoms with Crippen molar-refractivity contribution >= 4 is 28.5 Å². The van der Waals surface area contributed by atoms with Crippen molar-refractivity contribution in [1.82, 2.24) is 4.90 Å².